The van der Waals surface area contributed by atoms with Gasteiger partial charge in [0.1, 0.15) is 5.60 Å². The van der Waals surface area contributed by atoms with Crippen LogP contribution in [-0.4, -0.2) is 43.4 Å². The van der Waals surface area contributed by atoms with E-state index in [1.807, 2.05) is 0 Å². The molecule has 1 amide bonds. The second-order valence-electron chi connectivity index (χ2n) is 3.47. The summed E-state index contributed by atoms with van der Waals surface area (Å²) in [4.78, 5) is 12.8. The molecule has 0 N–H and O–H groups in total. The molecule has 2 aliphatic heterocycles. The van der Waals surface area contributed by atoms with Crippen molar-refractivity contribution in [1.29, 1.82) is 0 Å². The molecule has 2 aliphatic rings. The summed E-state index contributed by atoms with van der Waals surface area (Å²) in [5.74, 6) is 0. The van der Waals surface area contributed by atoms with Gasteiger partial charge in [-0.25, -0.2) is 4.79 Å². The van der Waals surface area contributed by atoms with Crippen LogP contribution < -0.4 is 0 Å². The Morgan fingerprint density at radius 2 is 2.42 bits per heavy atom. The number of rotatable bonds is 0. The maximum Gasteiger partial charge on any atom is 0.409 e. The molecule has 12 heavy (non-hydrogen) atoms. The van der Waals surface area contributed by atoms with E-state index in [4.69, 9.17) is 4.74 Å². The summed E-state index contributed by atoms with van der Waals surface area (Å²) in [5.41, 5.74) is 0.00639. The molecule has 2 heterocycles. The fraction of sp³-hybridized carbons (Fsp3) is 0.875. The molecule has 0 aliphatic carbocycles. The fourth-order valence-electron chi connectivity index (χ4n) is 1.72. The SMILES string of the molecule is COC(=O)N1CCC[C@]2(CO2)C1. The topological polar surface area (TPSA) is 42.1 Å². The minimum atomic E-state index is -0.232. The third-order valence-corrected chi connectivity index (χ3v) is 2.52. The lowest BCUT2D eigenvalue weighted by Gasteiger charge is -2.29. The van der Waals surface area contributed by atoms with E-state index in [0.29, 0.717) is 6.54 Å². The molecule has 0 bridgehead atoms. The molecular weight excluding hydrogens is 158 g/mol. The Bertz CT molecular complexity index is 200. The molecule has 4 nitrogen and oxygen atoms in total. The smallest absolute Gasteiger partial charge is 0.409 e. The molecule has 1 atom stereocenters. The average molecular weight is 171 g/mol. The first-order chi connectivity index (χ1) is 5.76. The number of hydrogen-bond donors (Lipinski definition) is 0. The zero-order valence-electron chi connectivity index (χ0n) is 7.21. The molecule has 1 spiro atoms. The van der Waals surface area contributed by atoms with E-state index in [-0.39, 0.29) is 11.7 Å². The number of amides is 1. The molecule has 0 aromatic heterocycles. The van der Waals surface area contributed by atoms with Gasteiger partial charge in [0, 0.05) is 6.54 Å². The fourth-order valence-corrected chi connectivity index (χ4v) is 1.72. The van der Waals surface area contributed by atoms with Gasteiger partial charge in [-0.1, -0.05) is 0 Å². The lowest BCUT2D eigenvalue weighted by Crippen LogP contribution is -2.44. The van der Waals surface area contributed by atoms with E-state index in [9.17, 15) is 4.79 Å². The van der Waals surface area contributed by atoms with Crippen LogP contribution in [0.15, 0.2) is 0 Å². The van der Waals surface area contributed by atoms with Gasteiger partial charge in [-0.3, -0.25) is 0 Å². The number of methoxy groups -OCH3 is 1. The number of ether oxygens (including phenoxy) is 2. The number of nitrogens with zero attached hydrogens (tertiary/aromatic N) is 1. The molecule has 2 saturated heterocycles. The van der Waals surface area contributed by atoms with Gasteiger partial charge in [0.2, 0.25) is 0 Å². The van der Waals surface area contributed by atoms with Crippen LogP contribution in [0.1, 0.15) is 12.8 Å². The molecule has 0 aromatic carbocycles. The highest BCUT2D eigenvalue weighted by Crippen LogP contribution is 2.36. The average Bonchev–Trinajstić information content (AvgIpc) is 2.84. The van der Waals surface area contributed by atoms with E-state index in [0.717, 1.165) is 26.0 Å². The zero-order valence-corrected chi connectivity index (χ0v) is 7.21. The van der Waals surface area contributed by atoms with Crippen LogP contribution in [0.3, 0.4) is 0 Å². The number of carbonyl (C=O) groups excluding carboxylic acids is 1. The molecule has 68 valence electrons. The molecule has 0 aromatic rings. The minimum Gasteiger partial charge on any atom is -0.453 e. The van der Waals surface area contributed by atoms with Crippen molar-refractivity contribution in [2.75, 3.05) is 26.8 Å². The molecular formula is C8H13NO3. The summed E-state index contributed by atoms with van der Waals surface area (Å²) < 4.78 is 9.95. The number of epoxide rings is 1. The van der Waals surface area contributed by atoms with Crippen molar-refractivity contribution in [2.24, 2.45) is 0 Å². The molecule has 2 rings (SSSR count). The Morgan fingerprint density at radius 1 is 1.67 bits per heavy atom. The Morgan fingerprint density at radius 3 is 3.00 bits per heavy atom. The quantitative estimate of drug-likeness (QED) is 0.502. The van der Waals surface area contributed by atoms with Crippen LogP contribution in [0, 0.1) is 0 Å². The summed E-state index contributed by atoms with van der Waals surface area (Å²) >= 11 is 0. The number of hydrogen-bond acceptors (Lipinski definition) is 3. The molecule has 0 radical (unpaired) electrons. The highest BCUT2D eigenvalue weighted by atomic mass is 16.6. The number of piperidine rings is 1. The second-order valence-corrected chi connectivity index (χ2v) is 3.47. The molecule has 4 heteroatoms. The van der Waals surface area contributed by atoms with Crippen LogP contribution in [0.2, 0.25) is 0 Å². The Hall–Kier alpha value is -0.770. The molecule has 2 fully saturated rings. The first-order valence-corrected chi connectivity index (χ1v) is 4.23. The van der Waals surface area contributed by atoms with Gasteiger partial charge in [0.15, 0.2) is 0 Å². The van der Waals surface area contributed by atoms with Crippen LogP contribution >= 0.6 is 0 Å². The summed E-state index contributed by atoms with van der Waals surface area (Å²) in [6.45, 7) is 2.32. The largest absolute Gasteiger partial charge is 0.453 e. The van der Waals surface area contributed by atoms with Crippen molar-refractivity contribution in [3.63, 3.8) is 0 Å². The van der Waals surface area contributed by atoms with Crippen molar-refractivity contribution in [3.05, 3.63) is 0 Å². The summed E-state index contributed by atoms with van der Waals surface area (Å²) in [6, 6.07) is 0. The standard InChI is InChI=1S/C8H13NO3/c1-11-7(10)9-4-2-3-8(5-9)6-12-8/h2-6H2,1H3/t8-/m1/s1. The second kappa shape index (κ2) is 2.62. The molecule has 0 saturated carbocycles. The Kier molecular flexibility index (Phi) is 1.72. The van der Waals surface area contributed by atoms with E-state index >= 15 is 0 Å². The van der Waals surface area contributed by atoms with Gasteiger partial charge in [0.25, 0.3) is 0 Å². The highest BCUT2D eigenvalue weighted by Gasteiger charge is 2.48. The van der Waals surface area contributed by atoms with Crippen molar-refractivity contribution in [2.45, 2.75) is 18.4 Å². The van der Waals surface area contributed by atoms with Crippen molar-refractivity contribution >= 4 is 6.09 Å². The van der Waals surface area contributed by atoms with E-state index in [2.05, 4.69) is 4.74 Å². The van der Waals surface area contributed by atoms with Gasteiger partial charge in [-0.05, 0) is 12.8 Å². The Labute approximate surface area is 71.4 Å². The Balaban J connectivity index is 1.94. The normalized spacial score (nSPS) is 33.6. The van der Waals surface area contributed by atoms with E-state index in [1.165, 1.54) is 7.11 Å². The van der Waals surface area contributed by atoms with Gasteiger partial charge < -0.3 is 14.4 Å². The third kappa shape index (κ3) is 1.27. The van der Waals surface area contributed by atoms with Crippen LogP contribution in [0.25, 0.3) is 0 Å². The highest BCUT2D eigenvalue weighted by molar-refractivity contribution is 5.67. The monoisotopic (exact) mass is 171 g/mol. The first-order valence-electron chi connectivity index (χ1n) is 4.23. The van der Waals surface area contributed by atoms with Gasteiger partial charge in [-0.15, -0.1) is 0 Å². The summed E-state index contributed by atoms with van der Waals surface area (Å²) in [5, 5.41) is 0. The maximum absolute atomic E-state index is 11.1. The number of carbonyl (C=O) groups is 1. The van der Waals surface area contributed by atoms with Crippen molar-refractivity contribution < 1.29 is 14.3 Å². The van der Waals surface area contributed by atoms with Crippen LogP contribution in [-0.2, 0) is 9.47 Å². The number of likely N-dealkylation sites (tertiary alicyclic amines) is 1. The maximum atomic E-state index is 11.1. The molecule has 0 unspecified atom stereocenters. The van der Waals surface area contributed by atoms with Gasteiger partial charge >= 0.3 is 6.09 Å². The predicted octanol–water partition coefficient (Wildman–Crippen LogP) is 0.618. The predicted molar refractivity (Wildman–Crippen MR) is 41.9 cm³/mol. The van der Waals surface area contributed by atoms with Gasteiger partial charge in [-0.2, -0.15) is 0 Å². The zero-order chi connectivity index (χ0) is 8.60. The summed E-state index contributed by atoms with van der Waals surface area (Å²) in [6.07, 6.45) is 1.87. The first kappa shape index (κ1) is 7.86. The van der Waals surface area contributed by atoms with Crippen molar-refractivity contribution in [1.82, 2.24) is 4.90 Å². The lowest BCUT2D eigenvalue weighted by atomic mass is 9.99. The van der Waals surface area contributed by atoms with E-state index < -0.39 is 0 Å². The third-order valence-electron chi connectivity index (χ3n) is 2.52. The van der Waals surface area contributed by atoms with E-state index in [1.54, 1.807) is 4.90 Å². The van der Waals surface area contributed by atoms with Crippen LogP contribution in [0.5, 0.6) is 0 Å². The van der Waals surface area contributed by atoms with Gasteiger partial charge in [0.05, 0.1) is 20.3 Å². The lowest BCUT2D eigenvalue weighted by molar-refractivity contribution is 0.0905. The van der Waals surface area contributed by atoms with Crippen LogP contribution in [0.4, 0.5) is 4.79 Å². The summed E-state index contributed by atoms with van der Waals surface area (Å²) in [7, 11) is 1.41. The minimum absolute atomic E-state index is 0.00639. The van der Waals surface area contributed by atoms with Crippen molar-refractivity contribution in [3.8, 4) is 0 Å².